The third-order valence-corrected chi connectivity index (χ3v) is 4.18. The van der Waals surface area contributed by atoms with E-state index < -0.39 is 0 Å². The fourth-order valence-corrected chi connectivity index (χ4v) is 2.80. The Morgan fingerprint density at radius 1 is 1.23 bits per heavy atom. The van der Waals surface area contributed by atoms with Crippen molar-refractivity contribution in [2.24, 2.45) is 0 Å². The number of hydrogen-bond donors (Lipinski definition) is 3. The van der Waals surface area contributed by atoms with Gasteiger partial charge in [-0.25, -0.2) is 4.98 Å². The Kier molecular flexibility index (Phi) is 5.49. The molecule has 3 N–H and O–H groups in total. The summed E-state index contributed by atoms with van der Waals surface area (Å²) in [5, 5.41) is 7.53. The quantitative estimate of drug-likeness (QED) is 0.606. The monoisotopic (exact) mass is 369 g/mol. The second kappa shape index (κ2) is 8.17. The number of thiazole rings is 1. The normalized spacial score (nSPS) is 10.3. The van der Waals surface area contributed by atoms with Crippen molar-refractivity contribution in [3.8, 4) is 0 Å². The molecule has 9 heteroatoms. The number of H-pyrrole nitrogens is 1. The first kappa shape index (κ1) is 17.5. The van der Waals surface area contributed by atoms with Crippen molar-refractivity contribution < 1.29 is 9.59 Å². The van der Waals surface area contributed by atoms with E-state index in [1.54, 1.807) is 23.8 Å². The molecule has 0 aliphatic heterocycles. The lowest BCUT2D eigenvalue weighted by molar-refractivity contribution is -0.120. The molecule has 3 heterocycles. The van der Waals surface area contributed by atoms with E-state index in [-0.39, 0.29) is 23.8 Å². The smallest absolute Gasteiger partial charge is 0.258 e. The minimum absolute atomic E-state index is 0.116. The van der Waals surface area contributed by atoms with Crippen LogP contribution in [0.2, 0.25) is 0 Å². The minimum Gasteiger partial charge on any atom is -0.352 e. The molecule has 2 amide bonds. The predicted molar refractivity (Wildman–Crippen MR) is 96.9 cm³/mol. The molecular formula is C17H15N5O3S. The van der Waals surface area contributed by atoms with Crippen LogP contribution in [0.15, 0.2) is 53.0 Å². The molecule has 0 unspecified atom stereocenters. The summed E-state index contributed by atoms with van der Waals surface area (Å²) < 4.78 is 0. The van der Waals surface area contributed by atoms with Crippen LogP contribution in [0.3, 0.4) is 0 Å². The minimum atomic E-state index is -0.386. The van der Waals surface area contributed by atoms with Gasteiger partial charge in [0.25, 0.3) is 5.91 Å². The Morgan fingerprint density at radius 2 is 2.12 bits per heavy atom. The molecule has 3 rings (SSSR count). The molecule has 0 aliphatic carbocycles. The van der Waals surface area contributed by atoms with E-state index in [1.165, 1.54) is 29.7 Å². The summed E-state index contributed by atoms with van der Waals surface area (Å²) in [7, 11) is 0. The van der Waals surface area contributed by atoms with E-state index in [4.69, 9.17) is 0 Å². The Bertz CT molecular complexity index is 947. The van der Waals surface area contributed by atoms with Gasteiger partial charge in [-0.2, -0.15) is 0 Å². The maximum absolute atomic E-state index is 12.1. The van der Waals surface area contributed by atoms with E-state index >= 15 is 0 Å². The Hall–Kier alpha value is -3.33. The molecule has 3 aromatic heterocycles. The molecular weight excluding hydrogens is 354 g/mol. The van der Waals surface area contributed by atoms with Gasteiger partial charge in [-0.05, 0) is 17.7 Å². The summed E-state index contributed by atoms with van der Waals surface area (Å²) in [6, 6.07) is 6.38. The lowest BCUT2D eigenvalue weighted by Crippen LogP contribution is -2.24. The topological polar surface area (TPSA) is 117 Å². The van der Waals surface area contributed by atoms with Gasteiger partial charge >= 0.3 is 0 Å². The molecule has 0 aliphatic rings. The van der Waals surface area contributed by atoms with Crippen molar-refractivity contribution in [1.82, 2.24) is 20.3 Å². The Balaban J connectivity index is 1.52. The maximum Gasteiger partial charge on any atom is 0.258 e. The van der Waals surface area contributed by atoms with Gasteiger partial charge in [-0.3, -0.25) is 24.7 Å². The van der Waals surface area contributed by atoms with Gasteiger partial charge in [0.15, 0.2) is 5.13 Å². The third kappa shape index (κ3) is 4.84. The third-order valence-electron chi connectivity index (χ3n) is 3.37. The van der Waals surface area contributed by atoms with E-state index in [2.05, 4.69) is 25.6 Å². The van der Waals surface area contributed by atoms with Gasteiger partial charge in [-0.15, -0.1) is 11.3 Å². The first-order valence-corrected chi connectivity index (χ1v) is 8.58. The van der Waals surface area contributed by atoms with Crippen LogP contribution in [0, 0.1) is 0 Å². The lowest BCUT2D eigenvalue weighted by atomic mass is 10.2. The van der Waals surface area contributed by atoms with Crippen LogP contribution in [-0.2, 0) is 17.8 Å². The largest absolute Gasteiger partial charge is 0.352 e. The summed E-state index contributed by atoms with van der Waals surface area (Å²) in [6.07, 6.45) is 4.81. The predicted octanol–water partition coefficient (Wildman–Crippen LogP) is 1.34. The number of nitrogens with zero attached hydrogens (tertiary/aromatic N) is 2. The number of carbonyl (C=O) groups is 2. The number of aromatic amines is 1. The van der Waals surface area contributed by atoms with Crippen LogP contribution in [0.25, 0.3) is 0 Å². The fraction of sp³-hybridized carbons (Fsp3) is 0.118. The standard InChI is InChI=1S/C17H15N5O3S/c23-14-4-3-12(9-20-14)16(25)22-17-21-13(10-26-17)6-15(24)19-8-11-2-1-5-18-7-11/h1-5,7,9-10H,6,8H2,(H,19,24)(H,20,23)(H,21,22,25). The average molecular weight is 369 g/mol. The molecule has 8 nitrogen and oxygen atoms in total. The summed E-state index contributed by atoms with van der Waals surface area (Å²) in [5.74, 6) is -0.555. The van der Waals surface area contributed by atoms with Crippen LogP contribution in [0.4, 0.5) is 5.13 Å². The van der Waals surface area contributed by atoms with Gasteiger partial charge in [0.05, 0.1) is 17.7 Å². The maximum atomic E-state index is 12.1. The number of pyridine rings is 2. The molecule has 0 saturated carbocycles. The summed E-state index contributed by atoms with van der Waals surface area (Å²) in [6.45, 7) is 0.395. The van der Waals surface area contributed by atoms with Crippen LogP contribution in [0.5, 0.6) is 0 Å². The van der Waals surface area contributed by atoms with Gasteiger partial charge in [0.2, 0.25) is 11.5 Å². The first-order valence-electron chi connectivity index (χ1n) is 7.70. The molecule has 26 heavy (non-hydrogen) atoms. The van der Waals surface area contributed by atoms with Crippen molar-refractivity contribution in [2.75, 3.05) is 5.32 Å². The van der Waals surface area contributed by atoms with Crippen molar-refractivity contribution in [3.05, 3.63) is 75.4 Å². The highest BCUT2D eigenvalue weighted by atomic mass is 32.1. The SMILES string of the molecule is O=C(Cc1csc(NC(=O)c2ccc(=O)[nH]c2)n1)NCc1cccnc1. The summed E-state index contributed by atoms with van der Waals surface area (Å²) in [5.41, 5.74) is 1.51. The van der Waals surface area contributed by atoms with Gasteiger partial charge < -0.3 is 10.3 Å². The summed E-state index contributed by atoms with van der Waals surface area (Å²) >= 11 is 1.23. The van der Waals surface area contributed by atoms with Crippen LogP contribution in [0.1, 0.15) is 21.6 Å². The second-order valence-corrected chi connectivity index (χ2v) is 6.21. The average Bonchev–Trinajstić information content (AvgIpc) is 3.08. The van der Waals surface area contributed by atoms with Crippen molar-refractivity contribution in [1.29, 1.82) is 0 Å². The lowest BCUT2D eigenvalue weighted by Gasteiger charge is -2.03. The number of amides is 2. The van der Waals surface area contributed by atoms with E-state index in [9.17, 15) is 14.4 Å². The fourth-order valence-electron chi connectivity index (χ4n) is 2.10. The number of hydrogen-bond acceptors (Lipinski definition) is 6. The van der Waals surface area contributed by atoms with Crippen LogP contribution >= 0.6 is 11.3 Å². The van der Waals surface area contributed by atoms with E-state index in [0.717, 1.165) is 5.56 Å². The zero-order valence-electron chi connectivity index (χ0n) is 13.6. The van der Waals surface area contributed by atoms with E-state index in [1.807, 2.05) is 6.07 Å². The first-order chi connectivity index (χ1) is 12.6. The number of anilines is 1. The number of carbonyl (C=O) groups excluding carboxylic acids is 2. The number of rotatable bonds is 6. The molecule has 0 radical (unpaired) electrons. The zero-order chi connectivity index (χ0) is 18.4. The molecule has 0 fully saturated rings. The zero-order valence-corrected chi connectivity index (χ0v) is 14.4. The molecule has 132 valence electrons. The van der Waals surface area contributed by atoms with Crippen molar-refractivity contribution in [2.45, 2.75) is 13.0 Å². The van der Waals surface area contributed by atoms with Gasteiger partial charge in [0, 0.05) is 36.6 Å². The van der Waals surface area contributed by atoms with Crippen LogP contribution < -0.4 is 16.2 Å². The summed E-state index contributed by atoms with van der Waals surface area (Å²) in [4.78, 5) is 45.7. The molecule has 0 spiro atoms. The Morgan fingerprint density at radius 3 is 2.85 bits per heavy atom. The number of aromatic nitrogens is 3. The molecule has 0 saturated heterocycles. The van der Waals surface area contributed by atoms with Crippen molar-refractivity contribution >= 4 is 28.3 Å². The van der Waals surface area contributed by atoms with Crippen LogP contribution in [-0.4, -0.2) is 26.8 Å². The number of nitrogens with one attached hydrogen (secondary N) is 3. The highest BCUT2D eigenvalue weighted by molar-refractivity contribution is 7.14. The molecule has 0 atom stereocenters. The molecule has 0 bridgehead atoms. The van der Waals surface area contributed by atoms with Crippen molar-refractivity contribution in [3.63, 3.8) is 0 Å². The van der Waals surface area contributed by atoms with E-state index in [0.29, 0.717) is 22.9 Å². The molecule has 3 aromatic rings. The highest BCUT2D eigenvalue weighted by Crippen LogP contribution is 2.16. The highest BCUT2D eigenvalue weighted by Gasteiger charge is 2.11. The van der Waals surface area contributed by atoms with Gasteiger partial charge in [0.1, 0.15) is 0 Å². The Labute approximate surface area is 152 Å². The second-order valence-electron chi connectivity index (χ2n) is 5.35. The van der Waals surface area contributed by atoms with Gasteiger partial charge in [-0.1, -0.05) is 6.07 Å². The molecule has 0 aromatic carbocycles.